The second kappa shape index (κ2) is 10.2. The van der Waals surface area contributed by atoms with E-state index in [1.165, 1.54) is 10.4 Å². The standard InChI is InChI=1S/C20H30N4OS/c1-6-21-20(22-13-16-10-9-15(2)12-18(16)25-5)23-14-17(24(3)4)19-8-7-11-26-19/h7-12,17H,6,13-14H2,1-5H3,(H2,21,22,23). The summed E-state index contributed by atoms with van der Waals surface area (Å²) in [5.74, 6) is 1.70. The smallest absolute Gasteiger partial charge is 0.191 e. The molecule has 1 aromatic carbocycles. The molecule has 1 aromatic heterocycles. The molecule has 0 aliphatic carbocycles. The third-order valence-corrected chi connectivity index (χ3v) is 5.13. The maximum Gasteiger partial charge on any atom is 0.191 e. The van der Waals surface area contributed by atoms with Gasteiger partial charge in [-0.25, -0.2) is 4.99 Å². The van der Waals surface area contributed by atoms with E-state index in [9.17, 15) is 0 Å². The Bertz CT molecular complexity index is 698. The van der Waals surface area contributed by atoms with Crippen LogP contribution in [0.2, 0.25) is 0 Å². The summed E-state index contributed by atoms with van der Waals surface area (Å²) in [4.78, 5) is 8.31. The molecule has 5 nitrogen and oxygen atoms in total. The first-order chi connectivity index (χ1) is 12.5. The number of likely N-dealkylation sites (N-methyl/N-ethyl adjacent to an activating group) is 1. The Morgan fingerprint density at radius 1 is 1.27 bits per heavy atom. The molecule has 0 aliphatic rings. The number of ether oxygens (including phenoxy) is 1. The van der Waals surface area contributed by atoms with Crippen molar-refractivity contribution in [3.63, 3.8) is 0 Å². The van der Waals surface area contributed by atoms with Crippen LogP contribution in [0.4, 0.5) is 0 Å². The first kappa shape index (κ1) is 20.3. The van der Waals surface area contributed by atoms with Crippen LogP contribution >= 0.6 is 11.3 Å². The molecule has 0 radical (unpaired) electrons. The predicted octanol–water partition coefficient (Wildman–Crippen LogP) is 3.42. The van der Waals surface area contributed by atoms with E-state index < -0.39 is 0 Å². The maximum atomic E-state index is 5.48. The third-order valence-electron chi connectivity index (χ3n) is 4.15. The van der Waals surface area contributed by atoms with Gasteiger partial charge in [-0.1, -0.05) is 18.2 Å². The molecule has 2 aromatic rings. The van der Waals surface area contributed by atoms with Gasteiger partial charge in [-0.05, 0) is 51.0 Å². The lowest BCUT2D eigenvalue weighted by molar-refractivity contribution is 0.302. The van der Waals surface area contributed by atoms with E-state index in [0.29, 0.717) is 12.6 Å². The molecular weight excluding hydrogens is 344 g/mol. The fourth-order valence-corrected chi connectivity index (χ4v) is 3.62. The van der Waals surface area contributed by atoms with Gasteiger partial charge in [-0.2, -0.15) is 0 Å². The number of hydrogen-bond donors (Lipinski definition) is 2. The molecule has 0 bridgehead atoms. The molecule has 6 heteroatoms. The van der Waals surface area contributed by atoms with Crippen molar-refractivity contribution in [2.75, 3.05) is 34.3 Å². The van der Waals surface area contributed by atoms with Crippen molar-refractivity contribution in [2.45, 2.75) is 26.4 Å². The molecule has 0 spiro atoms. The van der Waals surface area contributed by atoms with Gasteiger partial charge >= 0.3 is 0 Å². The summed E-state index contributed by atoms with van der Waals surface area (Å²) in [5, 5.41) is 8.92. The Kier molecular flexibility index (Phi) is 7.94. The first-order valence-corrected chi connectivity index (χ1v) is 9.78. The van der Waals surface area contributed by atoms with Gasteiger partial charge in [0.15, 0.2) is 5.96 Å². The molecule has 1 heterocycles. The number of methoxy groups -OCH3 is 1. The summed E-state index contributed by atoms with van der Waals surface area (Å²) in [5.41, 5.74) is 2.27. The van der Waals surface area contributed by atoms with Gasteiger partial charge in [-0.15, -0.1) is 11.3 Å². The predicted molar refractivity (Wildman–Crippen MR) is 111 cm³/mol. The zero-order valence-electron chi connectivity index (χ0n) is 16.4. The second-order valence-corrected chi connectivity index (χ2v) is 7.37. The molecule has 0 amide bonds. The van der Waals surface area contributed by atoms with Crippen LogP contribution in [0, 0.1) is 6.92 Å². The van der Waals surface area contributed by atoms with Crippen molar-refractivity contribution in [3.05, 3.63) is 51.7 Å². The highest BCUT2D eigenvalue weighted by atomic mass is 32.1. The zero-order valence-corrected chi connectivity index (χ0v) is 17.2. The molecule has 1 atom stereocenters. The number of nitrogens with zero attached hydrogens (tertiary/aromatic N) is 2. The van der Waals surface area contributed by atoms with Crippen LogP contribution < -0.4 is 15.4 Å². The summed E-state index contributed by atoms with van der Waals surface area (Å²) in [6.07, 6.45) is 0. The average Bonchev–Trinajstić information content (AvgIpc) is 3.14. The van der Waals surface area contributed by atoms with Crippen molar-refractivity contribution < 1.29 is 4.74 Å². The second-order valence-electron chi connectivity index (χ2n) is 6.39. The van der Waals surface area contributed by atoms with Crippen molar-refractivity contribution >= 4 is 17.3 Å². The Morgan fingerprint density at radius 3 is 2.69 bits per heavy atom. The van der Waals surface area contributed by atoms with Crippen LogP contribution in [0.5, 0.6) is 5.75 Å². The molecule has 26 heavy (non-hydrogen) atoms. The van der Waals surface area contributed by atoms with Crippen LogP contribution in [-0.2, 0) is 6.54 Å². The van der Waals surface area contributed by atoms with E-state index in [1.807, 2.05) is 6.07 Å². The molecule has 1 unspecified atom stereocenters. The molecule has 2 N–H and O–H groups in total. The lowest BCUT2D eigenvalue weighted by Gasteiger charge is -2.24. The summed E-state index contributed by atoms with van der Waals surface area (Å²) in [7, 11) is 5.91. The van der Waals surface area contributed by atoms with E-state index in [0.717, 1.165) is 30.4 Å². The lowest BCUT2D eigenvalue weighted by Crippen LogP contribution is -2.41. The van der Waals surface area contributed by atoms with Crippen molar-refractivity contribution in [2.24, 2.45) is 4.99 Å². The molecule has 0 saturated carbocycles. The van der Waals surface area contributed by atoms with Gasteiger partial charge in [0.25, 0.3) is 0 Å². The van der Waals surface area contributed by atoms with E-state index in [4.69, 9.17) is 9.73 Å². The highest BCUT2D eigenvalue weighted by Gasteiger charge is 2.15. The lowest BCUT2D eigenvalue weighted by atomic mass is 10.1. The zero-order chi connectivity index (χ0) is 18.9. The average molecular weight is 375 g/mol. The monoisotopic (exact) mass is 374 g/mol. The van der Waals surface area contributed by atoms with E-state index in [2.05, 4.69) is 73.1 Å². The van der Waals surface area contributed by atoms with Crippen LogP contribution in [0.15, 0.2) is 40.7 Å². The number of aryl methyl sites for hydroxylation is 1. The number of rotatable bonds is 8. The number of benzene rings is 1. The Morgan fingerprint density at radius 2 is 2.08 bits per heavy atom. The van der Waals surface area contributed by atoms with Gasteiger partial charge in [0.1, 0.15) is 5.75 Å². The van der Waals surface area contributed by atoms with Crippen molar-refractivity contribution in [1.29, 1.82) is 0 Å². The van der Waals surface area contributed by atoms with Crippen LogP contribution in [0.25, 0.3) is 0 Å². The molecule has 0 aliphatic heterocycles. The number of aliphatic imine (C=N–C) groups is 1. The number of nitrogens with one attached hydrogen (secondary N) is 2. The number of guanidine groups is 1. The molecule has 142 valence electrons. The highest BCUT2D eigenvalue weighted by molar-refractivity contribution is 7.10. The molecular formula is C20H30N4OS. The Labute approximate surface area is 161 Å². The first-order valence-electron chi connectivity index (χ1n) is 8.90. The largest absolute Gasteiger partial charge is 0.496 e. The quantitative estimate of drug-likeness (QED) is 0.549. The fourth-order valence-electron chi connectivity index (χ4n) is 2.70. The van der Waals surface area contributed by atoms with E-state index in [-0.39, 0.29) is 0 Å². The minimum atomic E-state index is 0.313. The van der Waals surface area contributed by atoms with Crippen LogP contribution in [0.1, 0.15) is 29.0 Å². The van der Waals surface area contributed by atoms with Gasteiger partial charge in [0.2, 0.25) is 0 Å². The van der Waals surface area contributed by atoms with Gasteiger partial charge in [-0.3, -0.25) is 0 Å². The Hall–Kier alpha value is -2.05. The molecule has 2 rings (SSSR count). The van der Waals surface area contributed by atoms with Crippen molar-refractivity contribution in [3.8, 4) is 5.75 Å². The Balaban J connectivity index is 2.06. The summed E-state index contributed by atoms with van der Waals surface area (Å²) < 4.78 is 5.48. The van der Waals surface area contributed by atoms with E-state index in [1.54, 1.807) is 18.4 Å². The van der Waals surface area contributed by atoms with Gasteiger partial charge in [0.05, 0.1) is 19.7 Å². The summed E-state index contributed by atoms with van der Waals surface area (Å²) >= 11 is 1.78. The fraction of sp³-hybridized carbons (Fsp3) is 0.450. The number of hydrogen-bond acceptors (Lipinski definition) is 4. The number of thiophene rings is 1. The third kappa shape index (κ3) is 5.75. The normalized spacial score (nSPS) is 12.9. The molecule has 0 saturated heterocycles. The maximum absolute atomic E-state index is 5.48. The summed E-state index contributed by atoms with van der Waals surface area (Å²) in [6, 6.07) is 10.8. The summed E-state index contributed by atoms with van der Waals surface area (Å²) in [6.45, 7) is 6.33. The van der Waals surface area contributed by atoms with E-state index >= 15 is 0 Å². The van der Waals surface area contributed by atoms with Crippen LogP contribution in [0.3, 0.4) is 0 Å². The van der Waals surface area contributed by atoms with Crippen LogP contribution in [-0.4, -0.2) is 45.2 Å². The minimum absolute atomic E-state index is 0.313. The highest BCUT2D eigenvalue weighted by Crippen LogP contribution is 2.22. The van der Waals surface area contributed by atoms with Gasteiger partial charge in [0, 0.05) is 23.5 Å². The SMILES string of the molecule is CCNC(=NCc1ccc(C)cc1OC)NCC(c1cccs1)N(C)C. The van der Waals surface area contributed by atoms with Gasteiger partial charge < -0.3 is 20.3 Å². The molecule has 0 fully saturated rings. The topological polar surface area (TPSA) is 48.9 Å². The van der Waals surface area contributed by atoms with Crippen molar-refractivity contribution in [1.82, 2.24) is 15.5 Å². The minimum Gasteiger partial charge on any atom is -0.496 e.